The topological polar surface area (TPSA) is 29.5 Å². The van der Waals surface area contributed by atoms with Crippen LogP contribution in [-0.2, 0) is 4.74 Å². The molecule has 3 nitrogen and oxygen atoms in total. The molecule has 0 heterocycles. The van der Waals surface area contributed by atoms with Crippen LogP contribution in [0.25, 0.3) is 10.8 Å². The molecule has 3 rings (SSSR count). The SMILES string of the molecule is CN(CCOC(=O)c1cccc2ccccc12)c1ccccc1. The van der Waals surface area contributed by atoms with Gasteiger partial charge in [0.05, 0.1) is 12.1 Å². The van der Waals surface area contributed by atoms with Crippen LogP contribution >= 0.6 is 0 Å². The molecule has 0 saturated heterocycles. The van der Waals surface area contributed by atoms with E-state index >= 15 is 0 Å². The zero-order chi connectivity index (χ0) is 16.1. The van der Waals surface area contributed by atoms with Crippen molar-refractivity contribution in [2.24, 2.45) is 0 Å². The number of carbonyl (C=O) groups excluding carboxylic acids is 1. The minimum atomic E-state index is -0.275. The maximum absolute atomic E-state index is 12.3. The molecule has 3 aromatic rings. The van der Waals surface area contributed by atoms with Gasteiger partial charge in [-0.2, -0.15) is 0 Å². The van der Waals surface area contributed by atoms with Crippen LogP contribution in [0.15, 0.2) is 72.8 Å². The third-order valence-electron chi connectivity index (χ3n) is 3.87. The van der Waals surface area contributed by atoms with Gasteiger partial charge in [-0.15, -0.1) is 0 Å². The van der Waals surface area contributed by atoms with Crippen LogP contribution < -0.4 is 4.90 Å². The minimum absolute atomic E-state index is 0.275. The van der Waals surface area contributed by atoms with E-state index in [1.54, 1.807) is 0 Å². The molecule has 0 saturated carbocycles. The second-order valence-electron chi connectivity index (χ2n) is 5.42. The molecule has 3 aromatic carbocycles. The molecule has 0 spiro atoms. The minimum Gasteiger partial charge on any atom is -0.460 e. The summed E-state index contributed by atoms with van der Waals surface area (Å²) in [6.45, 7) is 1.01. The first kappa shape index (κ1) is 15.1. The van der Waals surface area contributed by atoms with E-state index in [0.29, 0.717) is 18.7 Å². The highest BCUT2D eigenvalue weighted by atomic mass is 16.5. The fraction of sp³-hybridized carbons (Fsp3) is 0.150. The number of para-hydroxylation sites is 1. The van der Waals surface area contributed by atoms with Gasteiger partial charge in [-0.1, -0.05) is 54.6 Å². The monoisotopic (exact) mass is 305 g/mol. The summed E-state index contributed by atoms with van der Waals surface area (Å²) in [5.74, 6) is -0.275. The van der Waals surface area contributed by atoms with Crippen molar-refractivity contribution in [1.29, 1.82) is 0 Å². The Morgan fingerprint density at radius 2 is 1.61 bits per heavy atom. The van der Waals surface area contributed by atoms with Gasteiger partial charge < -0.3 is 9.64 Å². The van der Waals surface area contributed by atoms with Crippen molar-refractivity contribution in [3.63, 3.8) is 0 Å². The summed E-state index contributed by atoms with van der Waals surface area (Å²) in [5, 5.41) is 1.97. The predicted octanol–water partition coefficient (Wildman–Crippen LogP) is 4.13. The summed E-state index contributed by atoms with van der Waals surface area (Å²) >= 11 is 0. The lowest BCUT2D eigenvalue weighted by Crippen LogP contribution is -2.23. The van der Waals surface area contributed by atoms with Gasteiger partial charge in [0, 0.05) is 12.7 Å². The number of rotatable bonds is 5. The Kier molecular flexibility index (Phi) is 4.57. The lowest BCUT2D eigenvalue weighted by molar-refractivity contribution is 0.0518. The molecule has 0 bridgehead atoms. The summed E-state index contributed by atoms with van der Waals surface area (Å²) in [6, 6.07) is 23.6. The number of benzene rings is 3. The molecule has 3 heteroatoms. The second kappa shape index (κ2) is 6.97. The highest BCUT2D eigenvalue weighted by molar-refractivity contribution is 6.04. The molecule has 0 atom stereocenters. The first-order valence-corrected chi connectivity index (χ1v) is 7.67. The van der Waals surface area contributed by atoms with Gasteiger partial charge >= 0.3 is 5.97 Å². The smallest absolute Gasteiger partial charge is 0.338 e. The van der Waals surface area contributed by atoms with Crippen LogP contribution in [-0.4, -0.2) is 26.2 Å². The van der Waals surface area contributed by atoms with Crippen molar-refractivity contribution in [2.45, 2.75) is 0 Å². The zero-order valence-corrected chi connectivity index (χ0v) is 13.1. The van der Waals surface area contributed by atoms with Crippen molar-refractivity contribution < 1.29 is 9.53 Å². The van der Waals surface area contributed by atoms with Gasteiger partial charge in [-0.05, 0) is 29.0 Å². The van der Waals surface area contributed by atoms with E-state index in [1.165, 1.54) is 0 Å². The van der Waals surface area contributed by atoms with Crippen molar-refractivity contribution >= 4 is 22.4 Å². The number of ether oxygens (including phenoxy) is 1. The molecular weight excluding hydrogens is 286 g/mol. The molecule has 0 aliphatic rings. The normalized spacial score (nSPS) is 10.5. The van der Waals surface area contributed by atoms with Crippen molar-refractivity contribution in [3.05, 3.63) is 78.4 Å². The molecule has 0 fully saturated rings. The first-order valence-electron chi connectivity index (χ1n) is 7.67. The number of hydrogen-bond acceptors (Lipinski definition) is 3. The quantitative estimate of drug-likeness (QED) is 0.664. The van der Waals surface area contributed by atoms with Gasteiger partial charge in [0.1, 0.15) is 6.61 Å². The number of anilines is 1. The lowest BCUT2D eigenvalue weighted by atomic mass is 10.1. The maximum atomic E-state index is 12.3. The molecular formula is C20H19NO2. The van der Waals surface area contributed by atoms with Gasteiger partial charge in [0.15, 0.2) is 0 Å². The Morgan fingerprint density at radius 1 is 0.913 bits per heavy atom. The highest BCUT2D eigenvalue weighted by Gasteiger charge is 2.11. The van der Waals surface area contributed by atoms with Crippen molar-refractivity contribution in [3.8, 4) is 0 Å². The molecule has 0 aromatic heterocycles. The molecule has 0 N–H and O–H groups in total. The van der Waals surface area contributed by atoms with Gasteiger partial charge in [0.25, 0.3) is 0 Å². The summed E-state index contributed by atoms with van der Waals surface area (Å²) in [5.41, 5.74) is 1.72. The third kappa shape index (κ3) is 3.51. The van der Waals surface area contributed by atoms with Crippen molar-refractivity contribution in [2.75, 3.05) is 25.1 Å². The van der Waals surface area contributed by atoms with E-state index in [2.05, 4.69) is 4.90 Å². The largest absolute Gasteiger partial charge is 0.460 e. The maximum Gasteiger partial charge on any atom is 0.338 e. The molecule has 0 amide bonds. The summed E-state index contributed by atoms with van der Waals surface area (Å²) < 4.78 is 5.45. The van der Waals surface area contributed by atoms with Crippen LogP contribution in [0.5, 0.6) is 0 Å². The highest BCUT2D eigenvalue weighted by Crippen LogP contribution is 2.19. The number of nitrogens with zero attached hydrogens (tertiary/aromatic N) is 1. The standard InChI is InChI=1S/C20H19NO2/c1-21(17-10-3-2-4-11-17)14-15-23-20(22)19-13-7-9-16-8-5-6-12-18(16)19/h2-13H,14-15H2,1H3. The number of esters is 1. The Morgan fingerprint density at radius 3 is 2.43 bits per heavy atom. The van der Waals surface area contributed by atoms with E-state index in [4.69, 9.17) is 4.74 Å². The summed E-state index contributed by atoms with van der Waals surface area (Å²) in [4.78, 5) is 14.4. The number of likely N-dealkylation sites (N-methyl/N-ethyl adjacent to an activating group) is 1. The van der Waals surface area contributed by atoms with Crippen LogP contribution in [0.1, 0.15) is 10.4 Å². The van der Waals surface area contributed by atoms with Crippen LogP contribution in [0.4, 0.5) is 5.69 Å². The molecule has 0 aliphatic carbocycles. The number of carbonyl (C=O) groups is 1. The van der Waals surface area contributed by atoms with E-state index in [9.17, 15) is 4.79 Å². The Hall–Kier alpha value is -2.81. The van der Waals surface area contributed by atoms with E-state index in [1.807, 2.05) is 79.8 Å². The lowest BCUT2D eigenvalue weighted by Gasteiger charge is -2.19. The fourth-order valence-electron chi connectivity index (χ4n) is 2.57. The zero-order valence-electron chi connectivity index (χ0n) is 13.1. The summed E-state index contributed by atoms with van der Waals surface area (Å²) in [7, 11) is 1.99. The van der Waals surface area contributed by atoms with E-state index in [-0.39, 0.29) is 5.97 Å². The first-order chi connectivity index (χ1) is 11.3. The van der Waals surface area contributed by atoms with E-state index in [0.717, 1.165) is 16.5 Å². The third-order valence-corrected chi connectivity index (χ3v) is 3.87. The average molecular weight is 305 g/mol. The Labute approximate surface area is 136 Å². The predicted molar refractivity (Wildman–Crippen MR) is 93.9 cm³/mol. The molecule has 0 radical (unpaired) electrons. The van der Waals surface area contributed by atoms with Gasteiger partial charge in [0.2, 0.25) is 0 Å². The van der Waals surface area contributed by atoms with Crippen LogP contribution in [0.3, 0.4) is 0 Å². The molecule has 0 aliphatic heterocycles. The molecule has 23 heavy (non-hydrogen) atoms. The fourth-order valence-corrected chi connectivity index (χ4v) is 2.57. The van der Waals surface area contributed by atoms with Gasteiger partial charge in [-0.3, -0.25) is 0 Å². The number of hydrogen-bond donors (Lipinski definition) is 0. The second-order valence-corrected chi connectivity index (χ2v) is 5.42. The Balaban J connectivity index is 1.63. The van der Waals surface area contributed by atoms with Crippen LogP contribution in [0.2, 0.25) is 0 Å². The molecule has 0 unspecified atom stereocenters. The summed E-state index contributed by atoms with van der Waals surface area (Å²) in [6.07, 6.45) is 0. The van der Waals surface area contributed by atoms with E-state index < -0.39 is 0 Å². The molecule has 116 valence electrons. The number of fused-ring (bicyclic) bond motifs is 1. The average Bonchev–Trinajstić information content (AvgIpc) is 2.61. The van der Waals surface area contributed by atoms with Crippen molar-refractivity contribution in [1.82, 2.24) is 0 Å². The Bertz CT molecular complexity index is 794. The van der Waals surface area contributed by atoms with Gasteiger partial charge in [-0.25, -0.2) is 4.79 Å². The van der Waals surface area contributed by atoms with Crippen LogP contribution in [0, 0.1) is 0 Å².